The normalized spacial score (nSPS) is 24.7. The van der Waals surface area contributed by atoms with Gasteiger partial charge in [0.15, 0.2) is 0 Å². The molecule has 3 heteroatoms. The van der Waals surface area contributed by atoms with E-state index in [-0.39, 0.29) is 0 Å². The maximum atomic E-state index is 5.63. The van der Waals surface area contributed by atoms with E-state index < -0.39 is 0 Å². The topological polar surface area (TPSA) is 28.4 Å². The Bertz CT molecular complexity index is 353. The zero-order valence-electron chi connectivity index (χ0n) is 11.3. The number of hydrogen-bond donors (Lipinski definition) is 1. The summed E-state index contributed by atoms with van der Waals surface area (Å²) >= 11 is 0. The molecule has 1 atom stereocenters. The van der Waals surface area contributed by atoms with Crippen molar-refractivity contribution >= 4 is 0 Å². The van der Waals surface area contributed by atoms with Crippen LogP contribution in [-0.2, 0) is 6.54 Å². The van der Waals surface area contributed by atoms with Crippen molar-refractivity contribution in [1.82, 2.24) is 10.2 Å². The first-order chi connectivity index (χ1) is 8.13. The fraction of sp³-hybridized carbons (Fsp3) is 0.714. The van der Waals surface area contributed by atoms with Gasteiger partial charge in [-0.2, -0.15) is 0 Å². The zero-order valence-corrected chi connectivity index (χ0v) is 11.3. The summed E-state index contributed by atoms with van der Waals surface area (Å²) < 4.78 is 5.63. The molecule has 2 heterocycles. The smallest absolute Gasteiger partial charge is 0.118 e. The molecule has 3 nitrogen and oxygen atoms in total. The van der Waals surface area contributed by atoms with E-state index in [1.807, 2.05) is 13.0 Å². The van der Waals surface area contributed by atoms with E-state index in [2.05, 4.69) is 30.3 Å². The van der Waals surface area contributed by atoms with E-state index >= 15 is 0 Å². The molecule has 1 saturated heterocycles. The highest BCUT2D eigenvalue weighted by atomic mass is 16.3. The van der Waals surface area contributed by atoms with E-state index in [0.717, 1.165) is 31.2 Å². The quantitative estimate of drug-likeness (QED) is 0.851. The molecule has 1 fully saturated rings. The molecule has 1 aliphatic rings. The van der Waals surface area contributed by atoms with Crippen LogP contribution in [0.15, 0.2) is 16.5 Å². The Labute approximate surface area is 104 Å². The second kappa shape index (κ2) is 5.23. The fourth-order valence-corrected chi connectivity index (χ4v) is 2.81. The standard InChI is InChI=1S/C14H24N2O/c1-4-14(7-8-15-10-14)11-16(3)9-13-6-5-12(2)17-13/h5-6,15H,4,7-11H2,1-3H3. The van der Waals surface area contributed by atoms with Gasteiger partial charge in [-0.15, -0.1) is 0 Å². The van der Waals surface area contributed by atoms with Crippen molar-refractivity contribution in [2.75, 3.05) is 26.7 Å². The Morgan fingerprint density at radius 1 is 1.47 bits per heavy atom. The Morgan fingerprint density at radius 3 is 2.82 bits per heavy atom. The number of hydrogen-bond acceptors (Lipinski definition) is 3. The Balaban J connectivity index is 1.90. The van der Waals surface area contributed by atoms with E-state index in [1.165, 1.54) is 19.4 Å². The molecular formula is C14H24N2O. The minimum atomic E-state index is 0.469. The van der Waals surface area contributed by atoms with Crippen molar-refractivity contribution in [3.8, 4) is 0 Å². The molecule has 17 heavy (non-hydrogen) atoms. The predicted molar refractivity (Wildman–Crippen MR) is 70.0 cm³/mol. The second-order valence-corrected chi connectivity index (χ2v) is 5.46. The third kappa shape index (κ3) is 3.11. The third-order valence-electron chi connectivity index (χ3n) is 3.91. The van der Waals surface area contributed by atoms with Crippen LogP contribution >= 0.6 is 0 Å². The van der Waals surface area contributed by atoms with Crippen LogP contribution in [-0.4, -0.2) is 31.6 Å². The monoisotopic (exact) mass is 236 g/mol. The van der Waals surface area contributed by atoms with E-state index in [1.54, 1.807) is 0 Å². The molecule has 0 spiro atoms. The van der Waals surface area contributed by atoms with Crippen molar-refractivity contribution < 1.29 is 4.42 Å². The molecule has 0 radical (unpaired) electrons. The molecule has 1 aromatic rings. The largest absolute Gasteiger partial charge is 0.465 e. The van der Waals surface area contributed by atoms with Gasteiger partial charge in [0, 0.05) is 13.1 Å². The van der Waals surface area contributed by atoms with E-state index in [4.69, 9.17) is 4.42 Å². The Hall–Kier alpha value is -0.800. The molecular weight excluding hydrogens is 212 g/mol. The molecule has 1 aromatic heterocycles. The first kappa shape index (κ1) is 12.7. The first-order valence-corrected chi connectivity index (χ1v) is 6.58. The molecule has 2 rings (SSSR count). The summed E-state index contributed by atoms with van der Waals surface area (Å²) in [6, 6.07) is 4.12. The van der Waals surface area contributed by atoms with Gasteiger partial charge in [0.2, 0.25) is 0 Å². The van der Waals surface area contributed by atoms with E-state index in [0.29, 0.717) is 5.41 Å². The van der Waals surface area contributed by atoms with Crippen molar-refractivity contribution in [3.63, 3.8) is 0 Å². The minimum absolute atomic E-state index is 0.469. The van der Waals surface area contributed by atoms with Gasteiger partial charge in [-0.1, -0.05) is 6.92 Å². The highest BCUT2D eigenvalue weighted by Crippen LogP contribution is 2.30. The summed E-state index contributed by atoms with van der Waals surface area (Å²) in [6.45, 7) is 8.69. The lowest BCUT2D eigenvalue weighted by atomic mass is 9.84. The predicted octanol–water partition coefficient (Wildman–Crippen LogP) is 2.41. The Kier molecular flexibility index (Phi) is 3.89. The van der Waals surface area contributed by atoms with Crippen LogP contribution in [0.5, 0.6) is 0 Å². The molecule has 1 N–H and O–H groups in total. The average molecular weight is 236 g/mol. The molecule has 1 aliphatic heterocycles. The summed E-state index contributed by atoms with van der Waals surface area (Å²) in [4.78, 5) is 2.38. The lowest BCUT2D eigenvalue weighted by Gasteiger charge is -2.31. The van der Waals surface area contributed by atoms with Gasteiger partial charge >= 0.3 is 0 Å². The fourth-order valence-electron chi connectivity index (χ4n) is 2.81. The highest BCUT2D eigenvalue weighted by Gasteiger charge is 2.32. The second-order valence-electron chi connectivity index (χ2n) is 5.46. The number of nitrogens with zero attached hydrogens (tertiary/aromatic N) is 1. The van der Waals surface area contributed by atoms with Crippen molar-refractivity contribution in [1.29, 1.82) is 0 Å². The highest BCUT2D eigenvalue weighted by molar-refractivity contribution is 5.05. The van der Waals surface area contributed by atoms with Crippen LogP contribution in [0, 0.1) is 12.3 Å². The van der Waals surface area contributed by atoms with Crippen LogP contribution in [0.2, 0.25) is 0 Å². The van der Waals surface area contributed by atoms with E-state index in [9.17, 15) is 0 Å². The molecule has 96 valence electrons. The van der Waals surface area contributed by atoms with Crippen molar-refractivity contribution in [2.45, 2.75) is 33.2 Å². The molecule has 0 amide bonds. The molecule has 0 aliphatic carbocycles. The van der Waals surface area contributed by atoms with Crippen molar-refractivity contribution in [3.05, 3.63) is 23.7 Å². The van der Waals surface area contributed by atoms with Crippen LogP contribution in [0.3, 0.4) is 0 Å². The van der Waals surface area contributed by atoms with Gasteiger partial charge in [0.25, 0.3) is 0 Å². The number of aryl methyl sites for hydroxylation is 1. The van der Waals surface area contributed by atoms with Gasteiger partial charge in [-0.05, 0) is 50.9 Å². The van der Waals surface area contributed by atoms with Crippen molar-refractivity contribution in [2.24, 2.45) is 5.41 Å². The van der Waals surface area contributed by atoms with Crippen LogP contribution < -0.4 is 5.32 Å². The maximum Gasteiger partial charge on any atom is 0.118 e. The molecule has 1 unspecified atom stereocenters. The van der Waals surface area contributed by atoms with Gasteiger partial charge < -0.3 is 9.73 Å². The molecule has 0 aromatic carbocycles. The summed E-state index contributed by atoms with van der Waals surface area (Å²) in [7, 11) is 2.19. The summed E-state index contributed by atoms with van der Waals surface area (Å²) in [6.07, 6.45) is 2.55. The van der Waals surface area contributed by atoms with Crippen LogP contribution in [0.4, 0.5) is 0 Å². The van der Waals surface area contributed by atoms with Crippen LogP contribution in [0.25, 0.3) is 0 Å². The number of nitrogens with one attached hydrogen (secondary N) is 1. The Morgan fingerprint density at radius 2 is 2.29 bits per heavy atom. The zero-order chi connectivity index (χ0) is 12.3. The third-order valence-corrected chi connectivity index (χ3v) is 3.91. The van der Waals surface area contributed by atoms with Gasteiger partial charge in [0.1, 0.15) is 11.5 Å². The average Bonchev–Trinajstić information content (AvgIpc) is 2.89. The van der Waals surface area contributed by atoms with Gasteiger partial charge in [-0.3, -0.25) is 4.90 Å². The summed E-state index contributed by atoms with van der Waals surface area (Å²) in [5, 5.41) is 3.49. The maximum absolute atomic E-state index is 5.63. The van der Waals surface area contributed by atoms with Crippen LogP contribution in [0.1, 0.15) is 31.3 Å². The molecule has 0 saturated carbocycles. The SMILES string of the molecule is CCC1(CN(C)Cc2ccc(C)o2)CCNC1. The molecule has 0 bridgehead atoms. The summed E-state index contributed by atoms with van der Waals surface area (Å²) in [5.41, 5.74) is 0.469. The van der Waals surface area contributed by atoms with Gasteiger partial charge in [0.05, 0.1) is 6.54 Å². The minimum Gasteiger partial charge on any atom is -0.465 e. The lowest BCUT2D eigenvalue weighted by molar-refractivity contribution is 0.171. The lowest BCUT2D eigenvalue weighted by Crippen LogP contribution is -2.36. The van der Waals surface area contributed by atoms with Gasteiger partial charge in [-0.25, -0.2) is 0 Å². The first-order valence-electron chi connectivity index (χ1n) is 6.58. The number of rotatable bonds is 5. The number of furan rings is 1. The summed E-state index contributed by atoms with van der Waals surface area (Å²) in [5.74, 6) is 2.07.